The van der Waals surface area contributed by atoms with E-state index in [1.165, 1.54) is 35.6 Å². The largest absolute Gasteiger partial charge is 0.337 e. The summed E-state index contributed by atoms with van der Waals surface area (Å²) in [6, 6.07) is 11.6. The maximum absolute atomic E-state index is 13.3. The first-order valence-electron chi connectivity index (χ1n) is 9.01. The van der Waals surface area contributed by atoms with E-state index in [1.54, 1.807) is 17.4 Å². The van der Waals surface area contributed by atoms with Crippen LogP contribution in [0.5, 0.6) is 0 Å². The molecule has 28 heavy (non-hydrogen) atoms. The number of para-hydroxylation sites is 1. The molecule has 0 saturated heterocycles. The Labute approximate surface area is 166 Å². The molecule has 2 heterocycles. The Bertz CT molecular complexity index is 1090. The standard InChI is InChI=1S/C21H19FN4OS/c1-15-4-2-5-18-19(15)24-21(28-18)26(12-3-11-25-13-10-23-14-25)20(27)16-6-8-17(22)9-7-16/h2,4-10,13-14H,3,11-12H2,1H3. The predicted octanol–water partition coefficient (Wildman–Crippen LogP) is 4.68. The average molecular weight is 394 g/mol. The number of benzene rings is 2. The molecule has 0 unspecified atom stereocenters. The SMILES string of the molecule is Cc1cccc2sc(N(CCCn3ccnc3)C(=O)c3ccc(F)cc3)nc12. The third-order valence-corrected chi connectivity index (χ3v) is 5.58. The van der Waals surface area contributed by atoms with E-state index >= 15 is 0 Å². The van der Waals surface area contributed by atoms with Gasteiger partial charge in [0.1, 0.15) is 5.82 Å². The number of anilines is 1. The molecule has 7 heteroatoms. The van der Waals surface area contributed by atoms with Gasteiger partial charge in [0, 0.05) is 31.0 Å². The van der Waals surface area contributed by atoms with E-state index in [9.17, 15) is 9.18 Å². The van der Waals surface area contributed by atoms with Gasteiger partial charge in [-0.05, 0) is 49.2 Å². The highest BCUT2D eigenvalue weighted by Gasteiger charge is 2.21. The zero-order valence-electron chi connectivity index (χ0n) is 15.4. The second kappa shape index (κ2) is 7.90. The minimum absolute atomic E-state index is 0.178. The Morgan fingerprint density at radius 1 is 1.21 bits per heavy atom. The number of amides is 1. The summed E-state index contributed by atoms with van der Waals surface area (Å²) in [5.41, 5.74) is 2.43. The van der Waals surface area contributed by atoms with Gasteiger partial charge in [0.2, 0.25) is 0 Å². The van der Waals surface area contributed by atoms with Crippen LogP contribution in [-0.2, 0) is 6.54 Å². The van der Waals surface area contributed by atoms with E-state index < -0.39 is 0 Å². The molecule has 1 amide bonds. The smallest absolute Gasteiger partial charge is 0.260 e. The Kier molecular flexibility index (Phi) is 5.16. The van der Waals surface area contributed by atoms with Crippen LogP contribution in [0.1, 0.15) is 22.3 Å². The van der Waals surface area contributed by atoms with Gasteiger partial charge in [-0.2, -0.15) is 0 Å². The summed E-state index contributed by atoms with van der Waals surface area (Å²) in [6.07, 6.45) is 6.14. The highest BCUT2D eigenvalue weighted by atomic mass is 32.1. The fraction of sp³-hybridized carbons (Fsp3) is 0.190. The average Bonchev–Trinajstić information content (AvgIpc) is 3.36. The maximum atomic E-state index is 13.3. The van der Waals surface area contributed by atoms with E-state index in [4.69, 9.17) is 4.98 Å². The van der Waals surface area contributed by atoms with E-state index in [0.717, 1.165) is 28.7 Å². The van der Waals surface area contributed by atoms with Crippen molar-refractivity contribution in [3.63, 3.8) is 0 Å². The fourth-order valence-electron chi connectivity index (χ4n) is 3.05. The van der Waals surface area contributed by atoms with Crippen molar-refractivity contribution in [2.75, 3.05) is 11.4 Å². The molecular formula is C21H19FN4OS. The van der Waals surface area contributed by atoms with Crippen molar-refractivity contribution in [1.82, 2.24) is 14.5 Å². The number of halogens is 1. The third-order valence-electron chi connectivity index (χ3n) is 4.53. The highest BCUT2D eigenvalue weighted by Crippen LogP contribution is 2.31. The Morgan fingerprint density at radius 2 is 2.04 bits per heavy atom. The first-order valence-corrected chi connectivity index (χ1v) is 9.83. The van der Waals surface area contributed by atoms with Crippen molar-refractivity contribution in [3.8, 4) is 0 Å². The molecule has 0 saturated carbocycles. The van der Waals surface area contributed by atoms with Gasteiger partial charge in [-0.25, -0.2) is 14.4 Å². The number of thiazole rings is 1. The number of carbonyl (C=O) groups excluding carboxylic acids is 1. The number of hydrogen-bond acceptors (Lipinski definition) is 4. The molecule has 142 valence electrons. The van der Waals surface area contributed by atoms with Crippen LogP contribution >= 0.6 is 11.3 Å². The van der Waals surface area contributed by atoms with Gasteiger partial charge in [-0.3, -0.25) is 9.69 Å². The molecule has 2 aromatic carbocycles. The molecule has 0 radical (unpaired) electrons. The lowest BCUT2D eigenvalue weighted by Gasteiger charge is -2.20. The van der Waals surface area contributed by atoms with Crippen molar-refractivity contribution in [1.29, 1.82) is 0 Å². The van der Waals surface area contributed by atoms with Crippen molar-refractivity contribution in [3.05, 3.63) is 78.1 Å². The summed E-state index contributed by atoms with van der Waals surface area (Å²) in [6.45, 7) is 3.27. The van der Waals surface area contributed by atoms with Crippen molar-refractivity contribution >= 4 is 32.6 Å². The van der Waals surface area contributed by atoms with Crippen LogP contribution in [0.25, 0.3) is 10.2 Å². The van der Waals surface area contributed by atoms with E-state index in [-0.39, 0.29) is 11.7 Å². The molecule has 0 spiro atoms. The minimum atomic E-state index is -0.362. The summed E-state index contributed by atoms with van der Waals surface area (Å²) in [5.74, 6) is -0.541. The molecule has 4 rings (SSSR count). The number of fused-ring (bicyclic) bond motifs is 1. The van der Waals surface area contributed by atoms with Crippen LogP contribution in [0.15, 0.2) is 61.2 Å². The van der Waals surface area contributed by atoms with Crippen LogP contribution in [0, 0.1) is 12.7 Å². The summed E-state index contributed by atoms with van der Waals surface area (Å²) in [7, 11) is 0. The third kappa shape index (κ3) is 3.80. The molecule has 0 aliphatic heterocycles. The van der Waals surface area contributed by atoms with Gasteiger partial charge in [0.15, 0.2) is 5.13 Å². The summed E-state index contributed by atoms with van der Waals surface area (Å²) >= 11 is 1.49. The molecule has 0 aliphatic carbocycles. The van der Waals surface area contributed by atoms with Gasteiger partial charge in [0.05, 0.1) is 16.5 Å². The minimum Gasteiger partial charge on any atom is -0.337 e. The number of aromatic nitrogens is 3. The molecule has 4 aromatic rings. The molecule has 0 bridgehead atoms. The molecule has 2 aromatic heterocycles. The molecular weight excluding hydrogens is 375 g/mol. The summed E-state index contributed by atoms with van der Waals surface area (Å²) < 4.78 is 16.3. The number of nitrogens with zero attached hydrogens (tertiary/aromatic N) is 4. The van der Waals surface area contributed by atoms with Crippen molar-refractivity contribution < 1.29 is 9.18 Å². The van der Waals surface area contributed by atoms with E-state index in [0.29, 0.717) is 17.2 Å². The van der Waals surface area contributed by atoms with Crippen molar-refractivity contribution in [2.24, 2.45) is 0 Å². The lowest BCUT2D eigenvalue weighted by molar-refractivity contribution is 0.0986. The zero-order valence-corrected chi connectivity index (χ0v) is 16.2. The molecule has 0 atom stereocenters. The van der Waals surface area contributed by atoms with E-state index in [1.807, 2.05) is 35.9 Å². The predicted molar refractivity (Wildman–Crippen MR) is 109 cm³/mol. The van der Waals surface area contributed by atoms with Crippen LogP contribution in [0.4, 0.5) is 9.52 Å². The second-order valence-corrected chi connectivity index (χ2v) is 7.54. The van der Waals surface area contributed by atoms with E-state index in [2.05, 4.69) is 4.98 Å². The summed E-state index contributed by atoms with van der Waals surface area (Å²) in [4.78, 5) is 23.6. The lowest BCUT2D eigenvalue weighted by atomic mass is 10.2. The Morgan fingerprint density at radius 3 is 2.75 bits per heavy atom. The lowest BCUT2D eigenvalue weighted by Crippen LogP contribution is -2.32. The van der Waals surface area contributed by atoms with Crippen LogP contribution < -0.4 is 4.90 Å². The second-order valence-electron chi connectivity index (χ2n) is 6.54. The topological polar surface area (TPSA) is 51.0 Å². The van der Waals surface area contributed by atoms with Gasteiger partial charge < -0.3 is 4.57 Å². The number of hydrogen-bond donors (Lipinski definition) is 0. The van der Waals surface area contributed by atoms with Gasteiger partial charge in [-0.1, -0.05) is 23.5 Å². The maximum Gasteiger partial charge on any atom is 0.260 e. The molecule has 0 N–H and O–H groups in total. The highest BCUT2D eigenvalue weighted by molar-refractivity contribution is 7.22. The quantitative estimate of drug-likeness (QED) is 0.477. The fourth-order valence-corrected chi connectivity index (χ4v) is 4.12. The van der Waals surface area contributed by atoms with Crippen LogP contribution in [-0.4, -0.2) is 27.0 Å². The molecule has 5 nitrogen and oxygen atoms in total. The van der Waals surface area contributed by atoms with Gasteiger partial charge in [0.25, 0.3) is 5.91 Å². The van der Waals surface area contributed by atoms with Crippen LogP contribution in [0.2, 0.25) is 0 Å². The number of aryl methyl sites for hydroxylation is 2. The van der Waals surface area contributed by atoms with Crippen LogP contribution in [0.3, 0.4) is 0 Å². The number of carbonyl (C=O) groups is 1. The first-order chi connectivity index (χ1) is 13.6. The monoisotopic (exact) mass is 394 g/mol. The van der Waals surface area contributed by atoms with Gasteiger partial charge in [-0.15, -0.1) is 0 Å². The molecule has 0 aliphatic rings. The Balaban J connectivity index is 1.64. The summed E-state index contributed by atoms with van der Waals surface area (Å²) in [5, 5.41) is 0.657. The van der Waals surface area contributed by atoms with Crippen molar-refractivity contribution in [2.45, 2.75) is 19.9 Å². The molecule has 0 fully saturated rings. The zero-order chi connectivity index (χ0) is 19.5. The van der Waals surface area contributed by atoms with Gasteiger partial charge >= 0.3 is 0 Å². The number of imidazole rings is 1. The first kappa shape index (κ1) is 18.3. The Hall–Kier alpha value is -3.06. The normalized spacial score (nSPS) is 11.1. The number of rotatable bonds is 6.